The molecule has 1 aliphatic rings. The van der Waals surface area contributed by atoms with E-state index in [0.717, 1.165) is 12.2 Å². The van der Waals surface area contributed by atoms with Gasteiger partial charge in [-0.05, 0) is 18.4 Å². The van der Waals surface area contributed by atoms with Crippen molar-refractivity contribution in [3.63, 3.8) is 0 Å². The van der Waals surface area contributed by atoms with Crippen molar-refractivity contribution in [2.75, 3.05) is 5.75 Å². The quantitative estimate of drug-likeness (QED) is 0.455. The van der Waals surface area contributed by atoms with Crippen LogP contribution in [0.4, 0.5) is 0 Å². The van der Waals surface area contributed by atoms with Gasteiger partial charge in [0.1, 0.15) is 0 Å². The van der Waals surface area contributed by atoms with E-state index in [-0.39, 0.29) is 10.7 Å². The van der Waals surface area contributed by atoms with Crippen LogP contribution in [0.1, 0.15) is 18.4 Å². The first-order chi connectivity index (χ1) is 6.92. The summed E-state index contributed by atoms with van der Waals surface area (Å²) in [6.07, 6.45) is 4.37. The highest BCUT2D eigenvalue weighted by atomic mass is 32.2. The van der Waals surface area contributed by atoms with Crippen molar-refractivity contribution in [3.05, 3.63) is 35.9 Å². The van der Waals surface area contributed by atoms with E-state index in [1.165, 1.54) is 16.8 Å². The second-order valence-electron chi connectivity index (χ2n) is 3.20. The minimum Gasteiger partial charge on any atom is -0.273 e. The van der Waals surface area contributed by atoms with Gasteiger partial charge in [-0.1, -0.05) is 41.0 Å². The molecule has 1 N–H and O–H groups in total. The summed E-state index contributed by atoms with van der Waals surface area (Å²) in [6, 6.07) is 10.4. The molecule has 14 heavy (non-hydrogen) atoms. The van der Waals surface area contributed by atoms with Crippen LogP contribution in [0.2, 0.25) is 0 Å². The number of hydrogen-bond donors (Lipinski definition) is 1. The van der Waals surface area contributed by atoms with Crippen molar-refractivity contribution in [1.82, 2.24) is 4.72 Å². The predicted octanol–water partition coefficient (Wildman–Crippen LogP) is 2.26. The van der Waals surface area contributed by atoms with Gasteiger partial charge in [-0.3, -0.25) is 4.72 Å². The van der Waals surface area contributed by atoms with Gasteiger partial charge < -0.3 is 0 Å². The fourth-order valence-corrected chi connectivity index (χ4v) is 3.53. The van der Waals surface area contributed by atoms with E-state index in [2.05, 4.69) is 35.2 Å². The first kappa shape index (κ1) is 9.29. The lowest BCUT2D eigenvalue weighted by molar-refractivity contribution is 1.03. The minimum absolute atomic E-state index is 0.0105. The molecule has 0 spiro atoms. The van der Waals surface area contributed by atoms with Crippen molar-refractivity contribution in [2.45, 2.75) is 12.8 Å². The van der Waals surface area contributed by atoms with E-state index in [0.29, 0.717) is 0 Å². The lowest BCUT2D eigenvalue weighted by Crippen LogP contribution is -2.03. The third-order valence-corrected chi connectivity index (χ3v) is 4.38. The van der Waals surface area contributed by atoms with E-state index in [9.17, 15) is 0 Å². The van der Waals surface area contributed by atoms with Gasteiger partial charge in [0, 0.05) is 10.6 Å². The molecule has 0 aromatic heterocycles. The normalized spacial score (nSPS) is 20.5. The fourth-order valence-electron chi connectivity index (χ4n) is 1.70. The van der Waals surface area contributed by atoms with Crippen molar-refractivity contribution < 1.29 is 0 Å². The summed E-state index contributed by atoms with van der Waals surface area (Å²) < 4.78 is 2.89. The molecule has 0 amide bonds. The second kappa shape index (κ2) is 4.30. The van der Waals surface area contributed by atoms with Crippen LogP contribution in [0.5, 0.6) is 0 Å². The summed E-state index contributed by atoms with van der Waals surface area (Å²) in [6.45, 7) is 0. The van der Waals surface area contributed by atoms with Crippen LogP contribution in [-0.2, 0) is 0 Å². The molecule has 0 bridgehead atoms. The van der Waals surface area contributed by atoms with E-state index < -0.39 is 0 Å². The van der Waals surface area contributed by atoms with Crippen LogP contribution in [0.15, 0.2) is 30.3 Å². The van der Waals surface area contributed by atoms with Crippen LogP contribution < -0.4 is 4.72 Å². The van der Waals surface area contributed by atoms with Gasteiger partial charge in [0.25, 0.3) is 0 Å². The first-order valence-electron chi connectivity index (χ1n) is 4.68. The van der Waals surface area contributed by atoms with Crippen LogP contribution in [0.25, 0.3) is 0 Å². The molecule has 1 heterocycles. The van der Waals surface area contributed by atoms with Gasteiger partial charge in [0.15, 0.2) is 6.19 Å². The van der Waals surface area contributed by atoms with Gasteiger partial charge in [-0.25, -0.2) is 0 Å². The second-order valence-corrected chi connectivity index (χ2v) is 5.09. The molecular formula is C11H12N2S. The van der Waals surface area contributed by atoms with Crippen LogP contribution >= 0.6 is 10.7 Å². The number of nitrogens with zero attached hydrogens (tertiary/aromatic N) is 1. The van der Waals surface area contributed by atoms with Crippen molar-refractivity contribution in [1.29, 1.82) is 5.26 Å². The Hall–Kier alpha value is -1.27. The number of nitriles is 1. The highest BCUT2D eigenvalue weighted by molar-refractivity contribution is 8.15. The van der Waals surface area contributed by atoms with Crippen molar-refractivity contribution in [2.24, 2.45) is 0 Å². The highest BCUT2D eigenvalue weighted by Crippen LogP contribution is 2.26. The Morgan fingerprint density at radius 3 is 2.79 bits per heavy atom. The summed E-state index contributed by atoms with van der Waals surface area (Å²) in [5.74, 6) is 1.11. The maximum atomic E-state index is 8.62. The van der Waals surface area contributed by atoms with E-state index in [1.807, 2.05) is 6.07 Å². The molecule has 2 nitrogen and oxygen atoms in total. The molecule has 0 radical (unpaired) electrons. The third kappa shape index (κ3) is 1.80. The average Bonchev–Trinajstić information content (AvgIpc) is 2.68. The summed E-state index contributed by atoms with van der Waals surface area (Å²) in [5, 5.41) is 8.62. The molecule has 1 aromatic rings. The third-order valence-electron chi connectivity index (χ3n) is 2.31. The zero-order valence-corrected chi connectivity index (χ0v) is 8.68. The van der Waals surface area contributed by atoms with E-state index >= 15 is 0 Å². The van der Waals surface area contributed by atoms with Crippen LogP contribution in [-0.4, -0.2) is 10.6 Å². The Morgan fingerprint density at radius 2 is 2.07 bits per heavy atom. The minimum atomic E-state index is -0.0105. The number of rotatable bonds is 2. The van der Waals surface area contributed by atoms with Crippen LogP contribution in [0.3, 0.4) is 0 Å². The summed E-state index contributed by atoms with van der Waals surface area (Å²) in [5.41, 5.74) is 1.29. The largest absolute Gasteiger partial charge is 0.273 e. The molecule has 0 fully saturated rings. The Labute approximate surface area is 86.6 Å². The first-order valence-corrected chi connectivity index (χ1v) is 6.08. The lowest BCUT2D eigenvalue weighted by Gasteiger charge is -2.05. The Bertz CT molecular complexity index is 389. The van der Waals surface area contributed by atoms with Gasteiger partial charge >= 0.3 is 0 Å². The number of benzene rings is 1. The lowest BCUT2D eigenvalue weighted by atomic mass is 10.1. The van der Waals surface area contributed by atoms with E-state index in [1.54, 1.807) is 0 Å². The highest BCUT2D eigenvalue weighted by Gasteiger charge is 2.14. The summed E-state index contributed by atoms with van der Waals surface area (Å²) in [7, 11) is -0.0105. The van der Waals surface area contributed by atoms with Gasteiger partial charge in [0.2, 0.25) is 0 Å². The summed E-state index contributed by atoms with van der Waals surface area (Å²) >= 11 is 0. The molecule has 0 saturated heterocycles. The molecule has 72 valence electrons. The molecule has 1 atom stereocenters. The Morgan fingerprint density at radius 1 is 1.29 bits per heavy atom. The standard InChI is InChI=1S/C11H12N2S/c12-9-13-14-8-4-7-11(14)10-5-2-1-3-6-10/h1-3,5-6,13H,4,7-8H2. The molecule has 0 aliphatic carbocycles. The maximum absolute atomic E-state index is 8.62. The monoisotopic (exact) mass is 204 g/mol. The zero-order valence-electron chi connectivity index (χ0n) is 7.86. The molecule has 0 saturated carbocycles. The average molecular weight is 204 g/mol. The molecule has 1 aliphatic heterocycles. The maximum Gasteiger partial charge on any atom is 0.187 e. The Kier molecular flexibility index (Phi) is 2.85. The van der Waals surface area contributed by atoms with E-state index in [4.69, 9.17) is 5.26 Å². The SMILES string of the molecule is N#CNS1=C(c2ccccc2)CCC1. The molecule has 2 rings (SSSR count). The number of hydrogen-bond acceptors (Lipinski definition) is 2. The van der Waals surface area contributed by atoms with Crippen molar-refractivity contribution in [3.8, 4) is 6.19 Å². The molecular weight excluding hydrogens is 192 g/mol. The van der Waals surface area contributed by atoms with Crippen LogP contribution in [0, 0.1) is 11.5 Å². The smallest absolute Gasteiger partial charge is 0.187 e. The van der Waals surface area contributed by atoms with Gasteiger partial charge in [0.05, 0.1) is 0 Å². The summed E-state index contributed by atoms with van der Waals surface area (Å²) in [4.78, 5) is 1.41. The zero-order chi connectivity index (χ0) is 9.80. The molecule has 3 heteroatoms. The topological polar surface area (TPSA) is 35.8 Å². The van der Waals surface area contributed by atoms with Gasteiger partial charge in [-0.15, -0.1) is 0 Å². The fraction of sp³-hybridized carbons (Fsp3) is 0.273. The predicted molar refractivity (Wildman–Crippen MR) is 61.0 cm³/mol. The van der Waals surface area contributed by atoms with Crippen molar-refractivity contribution >= 4 is 15.5 Å². The Balaban J connectivity index is 2.34. The van der Waals surface area contributed by atoms with Gasteiger partial charge in [-0.2, -0.15) is 5.26 Å². The number of nitrogens with one attached hydrogen (secondary N) is 1. The molecule has 1 unspecified atom stereocenters. The molecule has 1 aromatic carbocycles.